The topological polar surface area (TPSA) is 29.5 Å². The number of aliphatic hydroxyl groups is 1. The molecule has 1 N–H and O–H groups in total. The molecule has 0 fully saturated rings. The summed E-state index contributed by atoms with van der Waals surface area (Å²) in [5.74, 6) is 0.212. The number of hydrogen-bond acceptors (Lipinski definition) is 2. The first-order valence-corrected chi connectivity index (χ1v) is 5.73. The molecule has 0 aliphatic heterocycles. The van der Waals surface area contributed by atoms with Crippen LogP contribution in [-0.4, -0.2) is 24.4 Å². The van der Waals surface area contributed by atoms with E-state index in [0.29, 0.717) is 0 Å². The Bertz CT molecular complexity index is 314. The molecule has 2 heteroatoms. The van der Waals surface area contributed by atoms with Crippen LogP contribution in [-0.2, 0) is 11.2 Å². The van der Waals surface area contributed by atoms with E-state index in [1.54, 1.807) is 7.11 Å². The van der Waals surface area contributed by atoms with Crippen molar-refractivity contribution in [3.8, 4) is 0 Å². The molecule has 1 aromatic carbocycles. The normalized spacial score (nSPS) is 13.8. The van der Waals surface area contributed by atoms with Crippen molar-refractivity contribution in [2.75, 3.05) is 13.7 Å². The summed E-state index contributed by atoms with van der Waals surface area (Å²) in [7, 11) is 1.74. The minimum absolute atomic E-state index is 0.121. The van der Waals surface area contributed by atoms with Gasteiger partial charge in [0.2, 0.25) is 0 Å². The summed E-state index contributed by atoms with van der Waals surface area (Å²) < 4.78 is 5.40. The Hall–Kier alpha value is -0.860. The zero-order valence-electron chi connectivity index (χ0n) is 10.7. The smallest absolute Gasteiger partial charge is 0.0662 e. The van der Waals surface area contributed by atoms with Crippen molar-refractivity contribution >= 4 is 0 Å². The first-order valence-electron chi connectivity index (χ1n) is 5.73. The highest BCUT2D eigenvalue weighted by Gasteiger charge is 2.16. The molecule has 1 rings (SSSR count). The predicted octanol–water partition coefficient (Wildman–Crippen LogP) is 2.75. The Morgan fingerprint density at radius 3 is 2.25 bits per heavy atom. The largest absolute Gasteiger partial charge is 0.396 e. The second-order valence-corrected chi connectivity index (χ2v) is 4.97. The van der Waals surface area contributed by atoms with Crippen molar-refractivity contribution in [2.24, 2.45) is 0 Å². The van der Waals surface area contributed by atoms with Gasteiger partial charge in [0.05, 0.1) is 5.60 Å². The van der Waals surface area contributed by atoms with Crippen LogP contribution >= 0.6 is 0 Å². The van der Waals surface area contributed by atoms with Crippen LogP contribution in [0.25, 0.3) is 0 Å². The van der Waals surface area contributed by atoms with E-state index in [2.05, 4.69) is 38.1 Å². The van der Waals surface area contributed by atoms with Crippen LogP contribution in [0.5, 0.6) is 0 Å². The van der Waals surface area contributed by atoms with Crippen LogP contribution in [0.15, 0.2) is 24.3 Å². The maximum atomic E-state index is 9.06. The van der Waals surface area contributed by atoms with Crippen LogP contribution in [0, 0.1) is 0 Å². The highest BCUT2D eigenvalue weighted by molar-refractivity contribution is 5.26. The molecule has 1 aromatic rings. The fourth-order valence-electron chi connectivity index (χ4n) is 1.63. The Balaban J connectivity index is 2.72. The minimum atomic E-state index is -0.121. The lowest BCUT2D eigenvalue weighted by atomic mass is 9.95. The fraction of sp³-hybridized carbons (Fsp3) is 0.571. The molecule has 0 saturated heterocycles. The van der Waals surface area contributed by atoms with E-state index in [4.69, 9.17) is 9.84 Å². The van der Waals surface area contributed by atoms with E-state index in [0.717, 1.165) is 6.42 Å². The van der Waals surface area contributed by atoms with Gasteiger partial charge in [0, 0.05) is 26.1 Å². The van der Waals surface area contributed by atoms with Crippen LogP contribution in [0.3, 0.4) is 0 Å². The maximum absolute atomic E-state index is 9.06. The Labute approximate surface area is 98.3 Å². The summed E-state index contributed by atoms with van der Waals surface area (Å²) in [6.45, 7) is 6.38. The fourth-order valence-corrected chi connectivity index (χ4v) is 1.63. The number of hydrogen-bond donors (Lipinski definition) is 1. The SMILES string of the molecule is COC(C)(C)Cc1ccc(C(C)CO)cc1. The van der Waals surface area contributed by atoms with Crippen LogP contribution in [0.1, 0.15) is 37.8 Å². The molecular weight excluding hydrogens is 200 g/mol. The molecule has 0 amide bonds. The number of aliphatic hydroxyl groups excluding tert-OH is 1. The van der Waals surface area contributed by atoms with Gasteiger partial charge in [0.1, 0.15) is 0 Å². The first kappa shape index (κ1) is 13.2. The van der Waals surface area contributed by atoms with E-state index in [1.165, 1.54) is 11.1 Å². The van der Waals surface area contributed by atoms with Gasteiger partial charge in [-0.15, -0.1) is 0 Å². The van der Waals surface area contributed by atoms with Crippen LogP contribution < -0.4 is 0 Å². The van der Waals surface area contributed by atoms with Crippen molar-refractivity contribution < 1.29 is 9.84 Å². The lowest BCUT2D eigenvalue weighted by molar-refractivity contribution is 0.0232. The highest BCUT2D eigenvalue weighted by atomic mass is 16.5. The molecule has 16 heavy (non-hydrogen) atoms. The van der Waals surface area contributed by atoms with Gasteiger partial charge in [0.15, 0.2) is 0 Å². The third kappa shape index (κ3) is 3.62. The molecule has 0 aliphatic carbocycles. The van der Waals surface area contributed by atoms with Gasteiger partial charge in [-0.1, -0.05) is 31.2 Å². The van der Waals surface area contributed by atoms with E-state index in [1.807, 2.05) is 6.92 Å². The summed E-state index contributed by atoms with van der Waals surface area (Å²) in [5, 5.41) is 9.06. The standard InChI is InChI=1S/C14H22O2/c1-11(10-15)13-7-5-12(6-8-13)9-14(2,3)16-4/h5-8,11,15H,9-10H2,1-4H3. The summed E-state index contributed by atoms with van der Waals surface area (Å²) in [6.07, 6.45) is 0.900. The molecule has 0 heterocycles. The lowest BCUT2D eigenvalue weighted by Crippen LogP contribution is -2.25. The Morgan fingerprint density at radius 2 is 1.81 bits per heavy atom. The highest BCUT2D eigenvalue weighted by Crippen LogP contribution is 2.19. The summed E-state index contributed by atoms with van der Waals surface area (Å²) in [5.41, 5.74) is 2.33. The van der Waals surface area contributed by atoms with Gasteiger partial charge in [-0.3, -0.25) is 0 Å². The molecular formula is C14H22O2. The monoisotopic (exact) mass is 222 g/mol. The number of ether oxygens (including phenoxy) is 1. The molecule has 90 valence electrons. The van der Waals surface area contributed by atoms with Crippen molar-refractivity contribution in [3.63, 3.8) is 0 Å². The van der Waals surface area contributed by atoms with E-state index in [-0.39, 0.29) is 18.1 Å². The van der Waals surface area contributed by atoms with Gasteiger partial charge >= 0.3 is 0 Å². The van der Waals surface area contributed by atoms with Gasteiger partial charge in [-0.25, -0.2) is 0 Å². The quantitative estimate of drug-likeness (QED) is 0.830. The Morgan fingerprint density at radius 1 is 1.25 bits per heavy atom. The van der Waals surface area contributed by atoms with E-state index >= 15 is 0 Å². The van der Waals surface area contributed by atoms with Crippen LogP contribution in [0.2, 0.25) is 0 Å². The molecule has 0 saturated carbocycles. The predicted molar refractivity (Wildman–Crippen MR) is 66.7 cm³/mol. The second-order valence-electron chi connectivity index (χ2n) is 4.97. The molecule has 2 nitrogen and oxygen atoms in total. The van der Waals surface area contributed by atoms with Gasteiger partial charge < -0.3 is 9.84 Å². The van der Waals surface area contributed by atoms with Crippen LogP contribution in [0.4, 0.5) is 0 Å². The van der Waals surface area contributed by atoms with Crippen molar-refractivity contribution in [3.05, 3.63) is 35.4 Å². The van der Waals surface area contributed by atoms with Gasteiger partial charge in [0.25, 0.3) is 0 Å². The second kappa shape index (κ2) is 5.46. The average molecular weight is 222 g/mol. The van der Waals surface area contributed by atoms with Crippen molar-refractivity contribution in [1.29, 1.82) is 0 Å². The molecule has 0 aliphatic rings. The van der Waals surface area contributed by atoms with E-state index in [9.17, 15) is 0 Å². The number of rotatable bonds is 5. The molecule has 0 bridgehead atoms. The van der Waals surface area contributed by atoms with Gasteiger partial charge in [-0.05, 0) is 25.0 Å². The molecule has 0 spiro atoms. The lowest BCUT2D eigenvalue weighted by Gasteiger charge is -2.23. The van der Waals surface area contributed by atoms with Crippen molar-refractivity contribution in [1.82, 2.24) is 0 Å². The number of benzene rings is 1. The van der Waals surface area contributed by atoms with Gasteiger partial charge in [-0.2, -0.15) is 0 Å². The van der Waals surface area contributed by atoms with Crippen molar-refractivity contribution in [2.45, 2.75) is 38.7 Å². The third-order valence-electron chi connectivity index (χ3n) is 3.01. The number of methoxy groups -OCH3 is 1. The molecule has 1 atom stereocenters. The molecule has 1 unspecified atom stereocenters. The summed E-state index contributed by atoms with van der Waals surface area (Å²) in [6, 6.07) is 8.40. The van der Waals surface area contributed by atoms with E-state index < -0.39 is 0 Å². The Kier molecular flexibility index (Phi) is 4.51. The minimum Gasteiger partial charge on any atom is -0.396 e. The maximum Gasteiger partial charge on any atom is 0.0662 e. The summed E-state index contributed by atoms with van der Waals surface area (Å²) >= 11 is 0. The zero-order valence-corrected chi connectivity index (χ0v) is 10.7. The first-order chi connectivity index (χ1) is 7.48. The summed E-state index contributed by atoms with van der Waals surface area (Å²) in [4.78, 5) is 0. The molecule has 0 radical (unpaired) electrons. The zero-order chi connectivity index (χ0) is 12.2. The molecule has 0 aromatic heterocycles. The average Bonchev–Trinajstić information content (AvgIpc) is 2.28. The third-order valence-corrected chi connectivity index (χ3v) is 3.01.